The smallest absolute Gasteiger partial charge is 0.309 e. The van der Waals surface area contributed by atoms with Gasteiger partial charge in [0.1, 0.15) is 0 Å². The summed E-state index contributed by atoms with van der Waals surface area (Å²) >= 11 is 0. The van der Waals surface area contributed by atoms with E-state index in [2.05, 4.69) is 0 Å². The number of piperidine rings is 1. The normalized spacial score (nSPS) is 17.0. The van der Waals surface area contributed by atoms with E-state index in [1.165, 1.54) is 6.26 Å². The van der Waals surface area contributed by atoms with Crippen LogP contribution in [0.3, 0.4) is 0 Å². The van der Waals surface area contributed by atoms with E-state index in [4.69, 9.17) is 9.15 Å². The van der Waals surface area contributed by atoms with Gasteiger partial charge in [-0.15, -0.1) is 0 Å². The maximum atomic E-state index is 12.6. The number of ether oxygens (including phenoxy) is 1. The van der Waals surface area contributed by atoms with Gasteiger partial charge in [0.05, 0.1) is 12.2 Å². The van der Waals surface area contributed by atoms with E-state index in [1.807, 2.05) is 24.3 Å². The van der Waals surface area contributed by atoms with Crippen LogP contribution in [0.4, 0.5) is 5.69 Å². The van der Waals surface area contributed by atoms with Gasteiger partial charge in [-0.2, -0.15) is 0 Å². The Hall–Kier alpha value is -3.09. The zero-order chi connectivity index (χ0) is 20.2. The molecule has 152 valence electrons. The van der Waals surface area contributed by atoms with Crippen LogP contribution in [0, 0.1) is 5.92 Å². The number of furan rings is 1. The number of hydrogen-bond acceptors (Lipinski definition) is 5. The SMILES string of the molecule is O=C(OCC(=O)N1CCCc2ccccc21)C1CCN(C(=O)c2ccco2)CC1. The number of amides is 2. The second-order valence-electron chi connectivity index (χ2n) is 7.43. The van der Waals surface area contributed by atoms with Gasteiger partial charge in [0.2, 0.25) is 0 Å². The molecule has 1 aromatic carbocycles. The molecule has 7 heteroatoms. The van der Waals surface area contributed by atoms with Crippen LogP contribution >= 0.6 is 0 Å². The summed E-state index contributed by atoms with van der Waals surface area (Å²) in [6, 6.07) is 11.1. The maximum absolute atomic E-state index is 12.6. The second kappa shape index (κ2) is 8.51. The summed E-state index contributed by atoms with van der Waals surface area (Å²) in [6.45, 7) is 1.32. The number of rotatable bonds is 4. The van der Waals surface area contributed by atoms with Gasteiger partial charge in [-0.1, -0.05) is 18.2 Å². The van der Waals surface area contributed by atoms with E-state index in [-0.39, 0.29) is 30.3 Å². The summed E-state index contributed by atoms with van der Waals surface area (Å²) in [7, 11) is 0. The topological polar surface area (TPSA) is 80.1 Å². The standard InChI is InChI=1S/C22H24N2O5/c25-20(24-11-3-6-16-5-1-2-7-18(16)24)15-29-22(27)17-9-12-23(13-10-17)21(26)19-8-4-14-28-19/h1-2,4-5,7-8,14,17H,3,6,9-13,15H2. The molecule has 1 saturated heterocycles. The average Bonchev–Trinajstić information content (AvgIpc) is 3.31. The van der Waals surface area contributed by atoms with Gasteiger partial charge in [-0.3, -0.25) is 14.4 Å². The highest BCUT2D eigenvalue weighted by Crippen LogP contribution is 2.27. The second-order valence-corrected chi connectivity index (χ2v) is 7.43. The Kier molecular flexibility index (Phi) is 5.64. The quantitative estimate of drug-likeness (QED) is 0.743. The molecule has 0 unspecified atom stereocenters. The van der Waals surface area contributed by atoms with Crippen molar-refractivity contribution in [3.8, 4) is 0 Å². The predicted molar refractivity (Wildman–Crippen MR) is 105 cm³/mol. The molecule has 1 aromatic heterocycles. The van der Waals surface area contributed by atoms with Gasteiger partial charge in [0.25, 0.3) is 11.8 Å². The fourth-order valence-electron chi connectivity index (χ4n) is 4.00. The Morgan fingerprint density at radius 3 is 2.59 bits per heavy atom. The highest BCUT2D eigenvalue weighted by Gasteiger charge is 2.30. The van der Waals surface area contributed by atoms with E-state index in [0.29, 0.717) is 38.2 Å². The van der Waals surface area contributed by atoms with Crippen LogP contribution in [0.25, 0.3) is 0 Å². The van der Waals surface area contributed by atoms with Crippen LogP contribution in [0.5, 0.6) is 0 Å². The molecule has 0 N–H and O–H groups in total. The van der Waals surface area contributed by atoms with Crippen molar-refractivity contribution in [2.75, 3.05) is 31.1 Å². The summed E-state index contributed by atoms with van der Waals surface area (Å²) < 4.78 is 10.5. The molecule has 2 aliphatic heterocycles. The van der Waals surface area contributed by atoms with E-state index in [9.17, 15) is 14.4 Å². The molecule has 0 saturated carbocycles. The Morgan fingerprint density at radius 1 is 1.03 bits per heavy atom. The molecule has 0 radical (unpaired) electrons. The molecule has 2 aromatic rings. The van der Waals surface area contributed by atoms with Crippen molar-refractivity contribution in [1.82, 2.24) is 4.90 Å². The summed E-state index contributed by atoms with van der Waals surface area (Å²) in [5.74, 6) is -0.721. The first-order valence-electron chi connectivity index (χ1n) is 10.0. The third kappa shape index (κ3) is 4.18. The van der Waals surface area contributed by atoms with Crippen molar-refractivity contribution < 1.29 is 23.5 Å². The third-order valence-electron chi connectivity index (χ3n) is 5.60. The average molecular weight is 396 g/mol. The van der Waals surface area contributed by atoms with Gasteiger partial charge in [0.15, 0.2) is 12.4 Å². The van der Waals surface area contributed by atoms with Crippen molar-refractivity contribution in [3.63, 3.8) is 0 Å². The van der Waals surface area contributed by atoms with Gasteiger partial charge >= 0.3 is 5.97 Å². The van der Waals surface area contributed by atoms with Crippen LogP contribution in [0.15, 0.2) is 47.1 Å². The lowest BCUT2D eigenvalue weighted by molar-refractivity contribution is -0.153. The van der Waals surface area contributed by atoms with Gasteiger partial charge in [-0.05, 0) is 49.4 Å². The van der Waals surface area contributed by atoms with Crippen molar-refractivity contribution >= 4 is 23.5 Å². The molecular weight excluding hydrogens is 372 g/mol. The predicted octanol–water partition coefficient (Wildman–Crippen LogP) is 2.65. The Labute approximate surface area is 169 Å². The number of likely N-dealkylation sites (tertiary alicyclic amines) is 1. The minimum atomic E-state index is -0.367. The van der Waals surface area contributed by atoms with Crippen LogP contribution in [0.2, 0.25) is 0 Å². The van der Waals surface area contributed by atoms with Gasteiger partial charge in [-0.25, -0.2) is 0 Å². The van der Waals surface area contributed by atoms with Crippen LogP contribution in [-0.4, -0.2) is 48.9 Å². The minimum Gasteiger partial charge on any atom is -0.459 e. The van der Waals surface area contributed by atoms with E-state index in [1.54, 1.807) is 21.9 Å². The molecule has 0 aliphatic carbocycles. The van der Waals surface area contributed by atoms with Crippen LogP contribution in [-0.2, 0) is 20.7 Å². The fourth-order valence-corrected chi connectivity index (χ4v) is 4.00. The number of anilines is 1. The number of fused-ring (bicyclic) bond motifs is 1. The van der Waals surface area contributed by atoms with E-state index >= 15 is 0 Å². The first kappa shape index (κ1) is 19.2. The molecule has 2 aliphatic rings. The number of carbonyl (C=O) groups is 3. The number of benzene rings is 1. The molecular formula is C22H24N2O5. The minimum absolute atomic E-state index is 0.166. The molecule has 2 amide bonds. The van der Waals surface area contributed by atoms with Gasteiger partial charge < -0.3 is 19.0 Å². The van der Waals surface area contributed by atoms with Crippen LogP contribution < -0.4 is 4.90 Å². The first-order chi connectivity index (χ1) is 14.1. The Bertz CT molecular complexity index is 884. The Balaban J connectivity index is 1.27. The van der Waals surface area contributed by atoms with Gasteiger partial charge in [0, 0.05) is 25.3 Å². The number of esters is 1. The Morgan fingerprint density at radius 2 is 1.83 bits per heavy atom. The molecule has 3 heterocycles. The zero-order valence-corrected chi connectivity index (χ0v) is 16.2. The van der Waals surface area contributed by atoms with Crippen molar-refractivity contribution in [2.24, 2.45) is 5.92 Å². The lowest BCUT2D eigenvalue weighted by Crippen LogP contribution is -2.42. The largest absolute Gasteiger partial charge is 0.459 e. The molecule has 29 heavy (non-hydrogen) atoms. The summed E-state index contributed by atoms with van der Waals surface area (Å²) in [6.07, 6.45) is 4.36. The third-order valence-corrected chi connectivity index (χ3v) is 5.60. The summed E-state index contributed by atoms with van der Waals surface area (Å²) in [4.78, 5) is 40.7. The first-order valence-corrected chi connectivity index (χ1v) is 10.0. The fraction of sp³-hybridized carbons (Fsp3) is 0.409. The number of nitrogens with zero attached hydrogens (tertiary/aromatic N) is 2. The van der Waals surface area contributed by atoms with E-state index < -0.39 is 0 Å². The highest BCUT2D eigenvalue weighted by atomic mass is 16.5. The lowest BCUT2D eigenvalue weighted by Gasteiger charge is -2.31. The molecule has 7 nitrogen and oxygen atoms in total. The summed E-state index contributed by atoms with van der Waals surface area (Å²) in [5, 5.41) is 0. The molecule has 0 spiro atoms. The number of hydrogen-bond donors (Lipinski definition) is 0. The lowest BCUT2D eigenvalue weighted by atomic mass is 9.97. The maximum Gasteiger partial charge on any atom is 0.309 e. The molecule has 1 fully saturated rings. The van der Waals surface area contributed by atoms with E-state index in [0.717, 1.165) is 24.1 Å². The highest BCUT2D eigenvalue weighted by molar-refractivity contribution is 5.96. The summed E-state index contributed by atoms with van der Waals surface area (Å²) in [5.41, 5.74) is 2.05. The monoisotopic (exact) mass is 396 g/mol. The number of aryl methyl sites for hydroxylation is 1. The van der Waals surface area contributed by atoms with Crippen molar-refractivity contribution in [1.29, 1.82) is 0 Å². The number of carbonyl (C=O) groups excluding carboxylic acids is 3. The van der Waals surface area contributed by atoms with Crippen molar-refractivity contribution in [3.05, 3.63) is 54.0 Å². The number of para-hydroxylation sites is 1. The molecule has 0 atom stereocenters. The molecule has 4 rings (SSSR count). The zero-order valence-electron chi connectivity index (χ0n) is 16.2. The van der Waals surface area contributed by atoms with Crippen LogP contribution in [0.1, 0.15) is 35.4 Å². The molecule has 0 bridgehead atoms. The van der Waals surface area contributed by atoms with Crippen molar-refractivity contribution in [2.45, 2.75) is 25.7 Å².